The predicted molar refractivity (Wildman–Crippen MR) is 341 cm³/mol. The Morgan fingerprint density at radius 1 is 0.422 bits per heavy atom. The second-order valence-corrected chi connectivity index (χ2v) is 23.3. The fraction of sp³-hybridized carbons (Fsp3) is 0.243. The van der Waals surface area contributed by atoms with Crippen molar-refractivity contribution >= 4 is 65.2 Å². The number of benzene rings is 8. The highest BCUT2D eigenvalue weighted by Gasteiger charge is 2.73. The summed E-state index contributed by atoms with van der Waals surface area (Å²) in [6, 6.07) is 67.6. The Bertz CT molecular complexity index is 3700. The third-order valence-corrected chi connectivity index (χ3v) is 17.5. The predicted octanol–water partition coefficient (Wildman–Crippen LogP) is 10.1. The molecule has 4 fully saturated rings. The van der Waals surface area contributed by atoms with Crippen molar-refractivity contribution in [2.45, 2.75) is 64.4 Å². The number of anilines is 3. The van der Waals surface area contributed by atoms with Gasteiger partial charge < -0.3 is 41.4 Å². The molecule has 16 heteroatoms. The van der Waals surface area contributed by atoms with E-state index in [1.165, 1.54) is 73.8 Å². The van der Waals surface area contributed by atoms with Crippen molar-refractivity contribution in [2.75, 3.05) is 23.8 Å². The summed E-state index contributed by atoms with van der Waals surface area (Å²) in [7, 11) is 1.38. The van der Waals surface area contributed by atoms with Gasteiger partial charge in [0.25, 0.3) is 6.47 Å². The Morgan fingerprint density at radius 3 is 0.978 bits per heavy atom. The number of amides is 2. The fourth-order valence-corrected chi connectivity index (χ4v) is 12.1. The van der Waals surface area contributed by atoms with Crippen LogP contribution in [0.15, 0.2) is 194 Å². The smallest absolute Gasteiger partial charge is 0.318 e. The van der Waals surface area contributed by atoms with E-state index in [2.05, 4.69) is 173 Å². The van der Waals surface area contributed by atoms with Gasteiger partial charge in [0.1, 0.15) is 12.0 Å². The summed E-state index contributed by atoms with van der Waals surface area (Å²) in [5.41, 5.74) is 30.1. The second kappa shape index (κ2) is 28.6. The zero-order valence-corrected chi connectivity index (χ0v) is 49.9. The molecule has 2 aliphatic heterocycles. The number of aliphatic carboxylic acids is 1. The van der Waals surface area contributed by atoms with Gasteiger partial charge in [-0.15, -0.1) is 0 Å². The molecule has 2 amide bonds. The number of aryl methyl sites for hydroxylation is 9. The molecule has 7 N–H and O–H groups in total. The van der Waals surface area contributed by atoms with Gasteiger partial charge in [-0.05, 0) is 161 Å². The number of cyclic esters (lactones) is 4. The van der Waals surface area contributed by atoms with Crippen LogP contribution in [0, 0.1) is 48.3 Å². The Balaban J connectivity index is 0.000000171. The molecule has 90 heavy (non-hydrogen) atoms. The normalized spacial score (nSPS) is 19.9. The lowest BCUT2D eigenvalue weighted by atomic mass is 9.59. The Labute approximate surface area is 522 Å². The lowest BCUT2D eigenvalue weighted by molar-refractivity contribution is -0.187. The van der Waals surface area contributed by atoms with Crippen molar-refractivity contribution < 1.29 is 57.7 Å². The maximum atomic E-state index is 13.0. The van der Waals surface area contributed by atoms with Crippen LogP contribution in [0.5, 0.6) is 0 Å². The minimum Gasteiger partial charge on any atom is -0.481 e. The number of fused-ring (bicyclic) bond motifs is 4. The molecule has 0 aromatic heterocycles. The van der Waals surface area contributed by atoms with E-state index in [0.717, 1.165) is 68.3 Å². The van der Waals surface area contributed by atoms with Crippen LogP contribution in [-0.4, -0.2) is 66.4 Å². The molecule has 2 saturated heterocycles. The number of carbonyl (C=O) groups is 8. The van der Waals surface area contributed by atoms with Gasteiger partial charge in [-0.25, -0.2) is 0 Å². The van der Waals surface area contributed by atoms with Crippen LogP contribution >= 0.6 is 0 Å². The number of hydrogen-bond donors (Lipinski definition) is 5. The average molecular weight is 1210 g/mol. The monoisotopic (exact) mass is 1210 g/mol. The quantitative estimate of drug-likeness (QED) is 0.0156. The summed E-state index contributed by atoms with van der Waals surface area (Å²) in [6.45, 7) is 2.21. The summed E-state index contributed by atoms with van der Waals surface area (Å²) in [4.78, 5) is 92.3. The lowest BCUT2D eigenvalue weighted by Crippen LogP contribution is -2.64. The number of hydrogen-bond acceptors (Lipinski definition) is 13. The van der Waals surface area contributed by atoms with E-state index < -0.39 is 89.2 Å². The third-order valence-electron chi connectivity index (χ3n) is 17.5. The number of nitrogens with two attached hydrogens (primary N) is 2. The van der Waals surface area contributed by atoms with Crippen LogP contribution < -0.4 is 22.1 Å². The van der Waals surface area contributed by atoms with Gasteiger partial charge in [0, 0.05) is 24.1 Å². The molecule has 2 saturated carbocycles. The highest BCUT2D eigenvalue weighted by Crippen LogP contribution is 2.55. The molecular weight excluding hydrogens is 1140 g/mol. The van der Waals surface area contributed by atoms with Crippen LogP contribution in [0.25, 0.3) is 22.3 Å². The first-order chi connectivity index (χ1) is 43.5. The Kier molecular flexibility index (Phi) is 19.9. The number of carboxylic acids is 1. The Hall–Kier alpha value is -10.5. The first-order valence-corrected chi connectivity index (χ1v) is 30.1. The van der Waals surface area contributed by atoms with Gasteiger partial charge >= 0.3 is 29.8 Å². The van der Waals surface area contributed by atoms with Crippen molar-refractivity contribution in [3.8, 4) is 22.3 Å². The average Bonchev–Trinajstić information content (AvgIpc) is 1.50. The molecule has 8 aromatic rings. The number of esters is 4. The van der Waals surface area contributed by atoms with Crippen LogP contribution in [0.1, 0.15) is 50.1 Å². The molecule has 2 heterocycles. The van der Waals surface area contributed by atoms with E-state index in [1.807, 2.05) is 36.4 Å². The van der Waals surface area contributed by atoms with Gasteiger partial charge in [-0.1, -0.05) is 163 Å². The van der Waals surface area contributed by atoms with Gasteiger partial charge in [-0.2, -0.15) is 0 Å². The zero-order valence-electron chi connectivity index (χ0n) is 49.9. The Morgan fingerprint density at radius 2 is 0.700 bits per heavy atom. The van der Waals surface area contributed by atoms with E-state index in [0.29, 0.717) is 5.69 Å². The van der Waals surface area contributed by atoms with Crippen LogP contribution in [-0.2, 0) is 104 Å². The van der Waals surface area contributed by atoms with Crippen molar-refractivity contribution in [1.29, 1.82) is 0 Å². The minimum atomic E-state index is -1.31. The van der Waals surface area contributed by atoms with Crippen LogP contribution in [0.3, 0.4) is 0 Å². The molecule has 0 bridgehead atoms. The molecule has 0 spiro atoms. The van der Waals surface area contributed by atoms with E-state index in [9.17, 15) is 43.5 Å². The first kappa shape index (κ1) is 62.6. The van der Waals surface area contributed by atoms with E-state index >= 15 is 0 Å². The second-order valence-electron chi connectivity index (χ2n) is 23.3. The summed E-state index contributed by atoms with van der Waals surface area (Å²) >= 11 is 0. The van der Waals surface area contributed by atoms with Gasteiger partial charge in [0.2, 0.25) is 11.8 Å². The summed E-state index contributed by atoms with van der Waals surface area (Å²) < 4.78 is 13.5. The van der Waals surface area contributed by atoms with Gasteiger partial charge in [-0.3, -0.25) is 38.4 Å². The molecule has 12 rings (SSSR count). The van der Waals surface area contributed by atoms with Crippen molar-refractivity contribution in [1.82, 2.24) is 5.32 Å². The SMILES string of the molecule is CNC(=O)C1C(OC=O)C(C(=O)O)C1C(=O)Nc1ccc(CCc2ccc(-c3ccc(CCc4ccc(C)cc4)cc3)cc2)cc1.Nc1ccc(CCc2ccc(-c3ccc(CCc4ccc(N)cc4)cc3)cc2)cc1.O=C1OC(=O)C2C1C1C(=O)OC(=O)C21. The van der Waals surface area contributed by atoms with Crippen molar-refractivity contribution in [3.05, 3.63) is 244 Å². The van der Waals surface area contributed by atoms with Crippen molar-refractivity contribution in [2.24, 2.45) is 41.4 Å². The topological polar surface area (TPSA) is 261 Å². The third kappa shape index (κ3) is 14.9. The number of carbonyl (C=O) groups excluding carboxylic acids is 7. The molecule has 458 valence electrons. The number of nitrogen functional groups attached to an aromatic ring is 2. The van der Waals surface area contributed by atoms with E-state index in [4.69, 9.17) is 16.2 Å². The molecule has 2 aliphatic carbocycles. The van der Waals surface area contributed by atoms with Crippen LogP contribution in [0.4, 0.5) is 17.1 Å². The highest BCUT2D eigenvalue weighted by atomic mass is 16.6. The molecule has 16 nitrogen and oxygen atoms in total. The highest BCUT2D eigenvalue weighted by molar-refractivity contribution is 6.10. The van der Waals surface area contributed by atoms with E-state index in [1.54, 1.807) is 12.1 Å². The number of nitrogens with one attached hydrogen (secondary N) is 2. The molecule has 4 unspecified atom stereocenters. The summed E-state index contributed by atoms with van der Waals surface area (Å²) in [5, 5.41) is 14.7. The molecule has 4 atom stereocenters. The fourth-order valence-electron chi connectivity index (χ4n) is 12.1. The molecule has 0 radical (unpaired) electrons. The van der Waals surface area contributed by atoms with Gasteiger partial charge in [0.15, 0.2) is 0 Å². The molecule has 8 aromatic carbocycles. The summed E-state index contributed by atoms with van der Waals surface area (Å²) in [6.07, 6.45) is 6.61. The van der Waals surface area contributed by atoms with Crippen LogP contribution in [0.2, 0.25) is 0 Å². The van der Waals surface area contributed by atoms with Crippen molar-refractivity contribution in [3.63, 3.8) is 0 Å². The molecular formula is C74H70N4O12. The zero-order chi connectivity index (χ0) is 63.4. The maximum absolute atomic E-state index is 13.0. The number of ether oxygens (including phenoxy) is 3. The van der Waals surface area contributed by atoms with Gasteiger partial charge in [0.05, 0.1) is 35.5 Å². The lowest BCUT2D eigenvalue weighted by Gasteiger charge is -2.45. The largest absolute Gasteiger partial charge is 0.481 e. The first-order valence-electron chi connectivity index (χ1n) is 30.1. The van der Waals surface area contributed by atoms with E-state index in [-0.39, 0.29) is 6.47 Å². The molecule has 4 aliphatic rings. The number of rotatable bonds is 20. The maximum Gasteiger partial charge on any atom is 0.318 e. The minimum absolute atomic E-state index is 0.102. The standard InChI is InChI=1S/C38H38N2O6.C28H28N2.C8H4O6/c1-24-3-5-25(6-4-24)7-8-26-11-17-29(18-12-26)30-19-13-27(14-20-30)9-10-28-15-21-31(22-16-28)40-37(43)32-33(36(42)39-2)35(46-23-41)34(32)38(44)45;29-27-17-9-23(10-18-27)3-1-21-5-13-25(14-6-21)26-15-7-22(8-16-26)2-4-24-11-19-28(30)20-12-24;9-5-1-2(6(10)13-5)4-3(1)7(11)14-8(4)12/h3-6,11-23,32-35H,7-10H2,1-2H3,(H,39,42)(H,40,43)(H,44,45);5-20H,1-4,29-30H2;1-4H. The number of carboxylic acid groups (broad SMARTS) is 1. The summed E-state index contributed by atoms with van der Waals surface area (Å²) in [5.74, 6) is -12.1.